The molecule has 0 radical (unpaired) electrons. The minimum atomic E-state index is -0.477. The first-order valence-corrected chi connectivity index (χ1v) is 7.46. The molecule has 2 N–H and O–H groups in total. The van der Waals surface area contributed by atoms with Crippen molar-refractivity contribution < 1.29 is 4.79 Å². The van der Waals surface area contributed by atoms with Crippen LogP contribution in [0.5, 0.6) is 0 Å². The largest absolute Gasteiger partial charge is 0.340 e. The maximum absolute atomic E-state index is 11.8. The normalized spacial score (nSPS) is 21.1. The van der Waals surface area contributed by atoms with Crippen molar-refractivity contribution in [3.8, 4) is 0 Å². The van der Waals surface area contributed by atoms with E-state index in [0.29, 0.717) is 24.6 Å². The Morgan fingerprint density at radius 2 is 1.90 bits per heavy atom. The summed E-state index contributed by atoms with van der Waals surface area (Å²) in [5, 5.41) is 0. The van der Waals surface area contributed by atoms with E-state index in [4.69, 9.17) is 0 Å². The van der Waals surface area contributed by atoms with Crippen LogP contribution in [0.1, 0.15) is 31.2 Å². The number of hydrogen-bond donors (Lipinski definition) is 2. The fourth-order valence-electron chi connectivity index (χ4n) is 3.24. The van der Waals surface area contributed by atoms with Crippen molar-refractivity contribution in [3.63, 3.8) is 0 Å². The molecule has 2 saturated heterocycles. The highest BCUT2D eigenvalue weighted by atomic mass is 16.2. The summed E-state index contributed by atoms with van der Waals surface area (Å²) in [6.07, 6.45) is 5.05. The van der Waals surface area contributed by atoms with E-state index in [1.165, 1.54) is 6.20 Å². The van der Waals surface area contributed by atoms with Crippen LogP contribution in [-0.4, -0.2) is 51.4 Å². The second-order valence-electron chi connectivity index (χ2n) is 5.80. The van der Waals surface area contributed by atoms with Crippen LogP contribution in [0.3, 0.4) is 0 Å². The molecule has 0 saturated carbocycles. The molecule has 0 aromatic carbocycles. The lowest BCUT2D eigenvalue weighted by Crippen LogP contribution is -2.45. The Morgan fingerprint density at radius 1 is 1.14 bits per heavy atom. The average Bonchev–Trinajstić information content (AvgIpc) is 2.89. The minimum Gasteiger partial charge on any atom is -0.340 e. The van der Waals surface area contributed by atoms with Gasteiger partial charge in [-0.05, 0) is 19.3 Å². The maximum Gasteiger partial charge on any atom is 0.325 e. The fourth-order valence-corrected chi connectivity index (χ4v) is 3.24. The molecule has 2 aliphatic heterocycles. The maximum atomic E-state index is 11.8. The molecule has 114 valence electrons. The lowest BCUT2D eigenvalue weighted by molar-refractivity contribution is -0.130. The number of aromatic amines is 2. The Labute approximate surface area is 122 Å². The van der Waals surface area contributed by atoms with Crippen LogP contribution in [0.2, 0.25) is 0 Å². The second-order valence-corrected chi connectivity index (χ2v) is 5.80. The number of nitrogens with one attached hydrogen (secondary N) is 2. The fraction of sp³-hybridized carbons (Fsp3) is 0.643. The first kappa shape index (κ1) is 14.1. The summed E-state index contributed by atoms with van der Waals surface area (Å²) >= 11 is 0. The zero-order valence-corrected chi connectivity index (χ0v) is 11.9. The van der Waals surface area contributed by atoms with Crippen LogP contribution in [0, 0.1) is 0 Å². The standard InChI is InChI=1S/C14H20N4O3/c19-12-2-1-5-18(12)11-3-6-17(7-4-11)9-10-8-15-14(21)16-13(10)20/h8,11H,1-7,9H2,(H2,15,16,20,21). The molecule has 0 unspecified atom stereocenters. The van der Waals surface area contributed by atoms with Crippen LogP contribution in [-0.2, 0) is 11.3 Å². The van der Waals surface area contributed by atoms with E-state index < -0.39 is 5.69 Å². The third kappa shape index (κ3) is 3.07. The Morgan fingerprint density at radius 3 is 2.52 bits per heavy atom. The van der Waals surface area contributed by atoms with E-state index >= 15 is 0 Å². The van der Waals surface area contributed by atoms with Crippen LogP contribution in [0.4, 0.5) is 0 Å². The van der Waals surface area contributed by atoms with Gasteiger partial charge in [-0.25, -0.2) is 4.79 Å². The first-order chi connectivity index (χ1) is 10.1. The van der Waals surface area contributed by atoms with Crippen molar-refractivity contribution in [3.05, 3.63) is 32.6 Å². The summed E-state index contributed by atoms with van der Waals surface area (Å²) < 4.78 is 0. The van der Waals surface area contributed by atoms with Crippen LogP contribution < -0.4 is 11.2 Å². The molecule has 2 aliphatic rings. The second kappa shape index (κ2) is 5.85. The van der Waals surface area contributed by atoms with Crippen molar-refractivity contribution in [1.29, 1.82) is 0 Å². The number of likely N-dealkylation sites (tertiary alicyclic amines) is 2. The third-order valence-electron chi connectivity index (χ3n) is 4.40. The number of H-pyrrole nitrogens is 2. The first-order valence-electron chi connectivity index (χ1n) is 7.46. The number of amides is 1. The Kier molecular flexibility index (Phi) is 3.92. The van der Waals surface area contributed by atoms with Crippen LogP contribution >= 0.6 is 0 Å². The molecule has 0 bridgehead atoms. The molecular weight excluding hydrogens is 272 g/mol. The number of piperidine rings is 1. The lowest BCUT2D eigenvalue weighted by atomic mass is 10.0. The molecule has 1 aromatic heterocycles. The van der Waals surface area contributed by atoms with Crippen molar-refractivity contribution >= 4 is 5.91 Å². The third-order valence-corrected chi connectivity index (χ3v) is 4.40. The van der Waals surface area contributed by atoms with Gasteiger partial charge in [-0.15, -0.1) is 0 Å². The minimum absolute atomic E-state index is 0.283. The molecule has 21 heavy (non-hydrogen) atoms. The van der Waals surface area contributed by atoms with Gasteiger partial charge in [-0.1, -0.05) is 0 Å². The number of carbonyl (C=O) groups excluding carboxylic acids is 1. The summed E-state index contributed by atoms with van der Waals surface area (Å²) in [7, 11) is 0. The van der Waals surface area contributed by atoms with Crippen molar-refractivity contribution in [1.82, 2.24) is 19.8 Å². The lowest BCUT2D eigenvalue weighted by Gasteiger charge is -2.36. The van der Waals surface area contributed by atoms with Gasteiger partial charge in [-0.3, -0.25) is 19.5 Å². The van der Waals surface area contributed by atoms with Gasteiger partial charge in [0.2, 0.25) is 5.91 Å². The molecule has 1 amide bonds. The summed E-state index contributed by atoms with van der Waals surface area (Å²) in [6.45, 7) is 3.16. The number of aromatic nitrogens is 2. The van der Waals surface area contributed by atoms with Crippen LogP contribution in [0.15, 0.2) is 15.8 Å². The summed E-state index contributed by atoms with van der Waals surface area (Å²) in [6, 6.07) is 0.352. The highest BCUT2D eigenvalue weighted by Crippen LogP contribution is 2.22. The number of nitrogens with zero attached hydrogens (tertiary/aromatic N) is 2. The predicted octanol–water partition coefficient (Wildman–Crippen LogP) is -0.350. The topological polar surface area (TPSA) is 89.3 Å². The van der Waals surface area contributed by atoms with E-state index in [-0.39, 0.29) is 11.5 Å². The molecule has 7 heteroatoms. The molecule has 2 fully saturated rings. The predicted molar refractivity (Wildman–Crippen MR) is 76.9 cm³/mol. The van der Waals surface area contributed by atoms with Gasteiger partial charge < -0.3 is 9.88 Å². The molecule has 0 spiro atoms. The molecule has 3 rings (SSSR count). The molecule has 3 heterocycles. The van der Waals surface area contributed by atoms with Crippen molar-refractivity contribution in [2.45, 2.75) is 38.3 Å². The van der Waals surface area contributed by atoms with Gasteiger partial charge in [0.05, 0.1) is 0 Å². The monoisotopic (exact) mass is 292 g/mol. The van der Waals surface area contributed by atoms with Gasteiger partial charge in [0, 0.05) is 50.4 Å². The molecule has 7 nitrogen and oxygen atoms in total. The van der Waals surface area contributed by atoms with Gasteiger partial charge in [-0.2, -0.15) is 0 Å². The van der Waals surface area contributed by atoms with E-state index in [0.717, 1.165) is 38.9 Å². The van der Waals surface area contributed by atoms with E-state index in [9.17, 15) is 14.4 Å². The molecular formula is C14H20N4O3. The van der Waals surface area contributed by atoms with Crippen molar-refractivity contribution in [2.24, 2.45) is 0 Å². The highest BCUT2D eigenvalue weighted by molar-refractivity contribution is 5.78. The summed E-state index contributed by atoms with van der Waals surface area (Å²) in [4.78, 5) is 43.4. The van der Waals surface area contributed by atoms with E-state index in [1.54, 1.807) is 0 Å². The zero-order valence-electron chi connectivity index (χ0n) is 11.9. The summed E-state index contributed by atoms with van der Waals surface area (Å²) in [5.41, 5.74) is -0.226. The van der Waals surface area contributed by atoms with Gasteiger partial charge in [0.1, 0.15) is 0 Å². The van der Waals surface area contributed by atoms with Gasteiger partial charge in [0.15, 0.2) is 0 Å². The van der Waals surface area contributed by atoms with E-state index in [1.807, 2.05) is 4.90 Å². The highest BCUT2D eigenvalue weighted by Gasteiger charge is 2.30. The smallest absolute Gasteiger partial charge is 0.325 e. The Hall–Kier alpha value is -1.89. The van der Waals surface area contributed by atoms with Crippen molar-refractivity contribution in [2.75, 3.05) is 19.6 Å². The molecule has 0 aliphatic carbocycles. The SMILES string of the molecule is O=C1CCCN1C1CCN(Cc2c[nH]c(=O)[nH]c2=O)CC1. The zero-order chi connectivity index (χ0) is 14.8. The summed E-state index contributed by atoms with van der Waals surface area (Å²) in [5.74, 6) is 0.283. The molecule has 1 aromatic rings. The molecule has 0 atom stereocenters. The van der Waals surface area contributed by atoms with Gasteiger partial charge in [0.25, 0.3) is 5.56 Å². The van der Waals surface area contributed by atoms with Crippen LogP contribution in [0.25, 0.3) is 0 Å². The average molecular weight is 292 g/mol. The Balaban J connectivity index is 1.57. The quantitative estimate of drug-likeness (QED) is 0.797. The number of carbonyl (C=O) groups is 1. The van der Waals surface area contributed by atoms with Gasteiger partial charge >= 0.3 is 5.69 Å². The number of hydrogen-bond acceptors (Lipinski definition) is 4. The van der Waals surface area contributed by atoms with E-state index in [2.05, 4.69) is 14.9 Å². The number of rotatable bonds is 3. The Bertz CT molecular complexity index is 628.